The third kappa shape index (κ3) is 2.46. The fourth-order valence-electron chi connectivity index (χ4n) is 0.887. The van der Waals surface area contributed by atoms with Gasteiger partial charge in [-0.25, -0.2) is 4.98 Å². The molecule has 0 saturated carbocycles. The Bertz CT molecular complexity index is 349. The number of nitrogens with zero attached hydrogens (tertiary/aromatic N) is 1. The average molecular weight is 198 g/mol. The smallest absolute Gasteiger partial charge is 0.276 e. The van der Waals surface area contributed by atoms with E-state index in [2.05, 4.69) is 15.3 Å². The van der Waals surface area contributed by atoms with Crippen molar-refractivity contribution in [1.82, 2.24) is 9.97 Å². The van der Waals surface area contributed by atoms with Crippen molar-refractivity contribution in [2.24, 2.45) is 5.92 Å². The molecule has 0 saturated heterocycles. The number of H-pyrrole nitrogens is 1. The van der Waals surface area contributed by atoms with Crippen LogP contribution in [0.4, 0.5) is 11.5 Å². The van der Waals surface area contributed by atoms with E-state index < -0.39 is 0 Å². The van der Waals surface area contributed by atoms with Crippen molar-refractivity contribution in [3.8, 4) is 0 Å². The maximum atomic E-state index is 11.0. The zero-order valence-corrected chi connectivity index (χ0v) is 7.95. The molecule has 0 aliphatic rings. The van der Waals surface area contributed by atoms with Crippen molar-refractivity contribution >= 4 is 11.5 Å². The standard InChI is InChI=1S/C8H14N4O2/c1-5(3-13)2-10-7-6(9)8(14)12-4-11-7/h4-5,13H,2-3,9H2,1H3,(H2,10,11,12,14). The molecule has 1 atom stereocenters. The largest absolute Gasteiger partial charge is 0.396 e. The zero-order valence-electron chi connectivity index (χ0n) is 7.95. The second kappa shape index (κ2) is 4.61. The number of nitrogen functional groups attached to an aromatic ring is 1. The van der Waals surface area contributed by atoms with E-state index in [0.717, 1.165) is 0 Å². The van der Waals surface area contributed by atoms with Crippen LogP contribution in [0.2, 0.25) is 0 Å². The highest BCUT2D eigenvalue weighted by molar-refractivity contribution is 5.58. The Kier molecular flexibility index (Phi) is 3.47. The minimum absolute atomic E-state index is 0.0673. The summed E-state index contributed by atoms with van der Waals surface area (Å²) in [5.74, 6) is 0.449. The quantitative estimate of drug-likeness (QED) is 0.517. The number of hydrogen-bond donors (Lipinski definition) is 4. The van der Waals surface area contributed by atoms with Crippen LogP contribution in [0.5, 0.6) is 0 Å². The van der Waals surface area contributed by atoms with Crippen LogP contribution in [-0.4, -0.2) is 28.2 Å². The third-order valence-corrected chi connectivity index (χ3v) is 1.82. The molecule has 0 fully saturated rings. The highest BCUT2D eigenvalue weighted by Gasteiger charge is 2.05. The van der Waals surface area contributed by atoms with Gasteiger partial charge in [0, 0.05) is 13.2 Å². The normalized spacial score (nSPS) is 12.4. The zero-order chi connectivity index (χ0) is 10.6. The molecule has 1 unspecified atom stereocenters. The first-order valence-electron chi connectivity index (χ1n) is 4.33. The summed E-state index contributed by atoms with van der Waals surface area (Å²) in [7, 11) is 0. The molecule has 6 heteroatoms. The fraction of sp³-hybridized carbons (Fsp3) is 0.500. The molecule has 0 aliphatic carbocycles. The molecule has 1 aromatic heterocycles. The molecule has 6 nitrogen and oxygen atoms in total. The summed E-state index contributed by atoms with van der Waals surface area (Å²) in [5, 5.41) is 11.7. The summed E-state index contributed by atoms with van der Waals surface area (Å²) in [4.78, 5) is 17.3. The van der Waals surface area contributed by atoms with Crippen LogP contribution in [0.25, 0.3) is 0 Å². The number of hydrogen-bond acceptors (Lipinski definition) is 5. The van der Waals surface area contributed by atoms with Crippen molar-refractivity contribution in [3.63, 3.8) is 0 Å². The average Bonchev–Trinajstić information content (AvgIpc) is 2.20. The second-order valence-corrected chi connectivity index (χ2v) is 3.16. The van der Waals surface area contributed by atoms with Gasteiger partial charge in [-0.1, -0.05) is 6.92 Å². The molecule has 5 N–H and O–H groups in total. The van der Waals surface area contributed by atoms with Crippen LogP contribution in [0.3, 0.4) is 0 Å². The lowest BCUT2D eigenvalue weighted by Crippen LogP contribution is -2.20. The first-order valence-corrected chi connectivity index (χ1v) is 4.33. The molecule has 14 heavy (non-hydrogen) atoms. The van der Waals surface area contributed by atoms with Gasteiger partial charge in [0.25, 0.3) is 5.56 Å². The van der Waals surface area contributed by atoms with E-state index in [1.165, 1.54) is 6.33 Å². The molecule has 1 rings (SSSR count). The van der Waals surface area contributed by atoms with Gasteiger partial charge in [0.2, 0.25) is 0 Å². The minimum Gasteiger partial charge on any atom is -0.396 e. The van der Waals surface area contributed by atoms with Crippen LogP contribution in [0, 0.1) is 5.92 Å². The monoisotopic (exact) mass is 198 g/mol. The highest BCUT2D eigenvalue weighted by Crippen LogP contribution is 2.07. The molecule has 1 aromatic rings. The maximum Gasteiger partial charge on any atom is 0.276 e. The second-order valence-electron chi connectivity index (χ2n) is 3.16. The van der Waals surface area contributed by atoms with Gasteiger partial charge in [0.1, 0.15) is 5.69 Å². The van der Waals surface area contributed by atoms with Crippen molar-refractivity contribution in [1.29, 1.82) is 0 Å². The molecule has 0 aliphatic heterocycles. The first kappa shape index (κ1) is 10.5. The summed E-state index contributed by atoms with van der Waals surface area (Å²) in [6.07, 6.45) is 1.28. The molecule has 1 heterocycles. The number of anilines is 2. The Morgan fingerprint density at radius 1 is 1.79 bits per heavy atom. The topological polar surface area (TPSA) is 104 Å². The van der Waals surface area contributed by atoms with E-state index in [9.17, 15) is 4.79 Å². The Hall–Kier alpha value is -1.56. The molecular weight excluding hydrogens is 184 g/mol. The lowest BCUT2D eigenvalue weighted by atomic mass is 10.2. The van der Waals surface area contributed by atoms with E-state index in [1.807, 2.05) is 6.92 Å². The summed E-state index contributed by atoms with van der Waals surface area (Å²) in [6, 6.07) is 0. The number of aromatic nitrogens is 2. The lowest BCUT2D eigenvalue weighted by Gasteiger charge is -2.10. The summed E-state index contributed by atoms with van der Waals surface area (Å²) >= 11 is 0. The molecule has 0 bridgehead atoms. The number of nitrogens with two attached hydrogens (primary N) is 1. The van der Waals surface area contributed by atoms with Crippen molar-refractivity contribution < 1.29 is 5.11 Å². The third-order valence-electron chi connectivity index (χ3n) is 1.82. The van der Waals surface area contributed by atoms with Crippen molar-refractivity contribution in [2.45, 2.75) is 6.92 Å². The van der Waals surface area contributed by atoms with Gasteiger partial charge in [-0.2, -0.15) is 0 Å². The summed E-state index contributed by atoms with van der Waals surface area (Å²) in [6.45, 7) is 2.48. The summed E-state index contributed by atoms with van der Waals surface area (Å²) < 4.78 is 0. The summed E-state index contributed by atoms with van der Waals surface area (Å²) in [5.41, 5.74) is 5.18. The van der Waals surface area contributed by atoms with Gasteiger partial charge >= 0.3 is 0 Å². The predicted octanol–water partition coefficient (Wildman–Crippen LogP) is -0.608. The molecule has 0 spiro atoms. The SMILES string of the molecule is CC(CO)CNc1nc[nH]c(=O)c1N. The van der Waals surface area contributed by atoms with Crippen LogP contribution >= 0.6 is 0 Å². The molecular formula is C8H14N4O2. The minimum atomic E-state index is -0.362. The van der Waals surface area contributed by atoms with Gasteiger partial charge in [-0.05, 0) is 5.92 Å². The number of rotatable bonds is 4. The van der Waals surface area contributed by atoms with Crippen molar-refractivity contribution in [3.05, 3.63) is 16.7 Å². The number of aliphatic hydroxyl groups is 1. The molecule has 78 valence electrons. The number of nitrogens with one attached hydrogen (secondary N) is 2. The van der Waals surface area contributed by atoms with Crippen LogP contribution in [-0.2, 0) is 0 Å². The van der Waals surface area contributed by atoms with Crippen molar-refractivity contribution in [2.75, 3.05) is 24.2 Å². The van der Waals surface area contributed by atoms with E-state index in [0.29, 0.717) is 12.4 Å². The Morgan fingerprint density at radius 2 is 2.50 bits per heavy atom. The lowest BCUT2D eigenvalue weighted by molar-refractivity contribution is 0.244. The van der Waals surface area contributed by atoms with Gasteiger partial charge in [-0.3, -0.25) is 4.79 Å². The predicted molar refractivity (Wildman–Crippen MR) is 54.0 cm³/mol. The van der Waals surface area contributed by atoms with E-state index >= 15 is 0 Å². The van der Waals surface area contributed by atoms with E-state index in [4.69, 9.17) is 10.8 Å². The highest BCUT2D eigenvalue weighted by atomic mass is 16.3. The number of aromatic amines is 1. The van der Waals surface area contributed by atoms with Crippen LogP contribution in [0.15, 0.2) is 11.1 Å². The molecule has 0 radical (unpaired) electrons. The van der Waals surface area contributed by atoms with E-state index in [-0.39, 0.29) is 23.8 Å². The first-order chi connectivity index (χ1) is 6.65. The van der Waals surface area contributed by atoms with Gasteiger partial charge in [-0.15, -0.1) is 0 Å². The molecule has 0 aromatic carbocycles. The van der Waals surface area contributed by atoms with Gasteiger partial charge in [0.05, 0.1) is 6.33 Å². The van der Waals surface area contributed by atoms with Crippen LogP contribution < -0.4 is 16.6 Å². The number of aliphatic hydroxyl groups excluding tert-OH is 1. The van der Waals surface area contributed by atoms with Gasteiger partial charge in [0.15, 0.2) is 5.82 Å². The Balaban J connectivity index is 2.68. The maximum absolute atomic E-state index is 11.0. The van der Waals surface area contributed by atoms with Gasteiger partial charge < -0.3 is 21.1 Å². The Morgan fingerprint density at radius 3 is 3.14 bits per heavy atom. The molecule has 0 amide bonds. The van der Waals surface area contributed by atoms with Crippen LogP contribution in [0.1, 0.15) is 6.92 Å². The fourth-order valence-corrected chi connectivity index (χ4v) is 0.887. The van der Waals surface area contributed by atoms with E-state index in [1.54, 1.807) is 0 Å². The Labute approximate surface area is 81.2 Å².